The second kappa shape index (κ2) is 5.50. The minimum absolute atomic E-state index is 0.0155. The Morgan fingerprint density at radius 1 is 1.30 bits per heavy atom. The molecule has 0 atom stereocenters. The molecule has 0 saturated heterocycles. The van der Waals surface area contributed by atoms with Crippen molar-refractivity contribution in [3.8, 4) is 0 Å². The van der Waals surface area contributed by atoms with Gasteiger partial charge >= 0.3 is 0 Å². The van der Waals surface area contributed by atoms with E-state index in [2.05, 4.69) is 41.3 Å². The zero-order valence-corrected chi connectivity index (χ0v) is 13.0. The van der Waals surface area contributed by atoms with Crippen molar-refractivity contribution >= 4 is 11.6 Å². The molecule has 1 saturated carbocycles. The number of aromatic nitrogens is 3. The molecule has 0 bridgehead atoms. The van der Waals surface area contributed by atoms with Crippen LogP contribution in [0, 0.1) is 6.92 Å². The molecule has 3 aromatic rings. The number of benzene rings is 1. The lowest BCUT2D eigenvalue weighted by atomic mass is 10.1. The van der Waals surface area contributed by atoms with Crippen molar-refractivity contribution < 1.29 is 4.79 Å². The first-order valence-electron chi connectivity index (χ1n) is 7.87. The maximum Gasteiger partial charge on any atom is 0.259 e. The molecule has 0 spiro atoms. The normalized spacial score (nSPS) is 14.1. The summed E-state index contributed by atoms with van der Waals surface area (Å²) in [5.41, 5.74) is 3.57. The molecule has 2 heterocycles. The number of amides is 1. The Labute approximate surface area is 134 Å². The number of hydrogen-bond acceptors (Lipinski definition) is 3. The quantitative estimate of drug-likeness (QED) is 0.745. The number of rotatable bonds is 4. The van der Waals surface area contributed by atoms with E-state index in [-0.39, 0.29) is 5.91 Å². The zero-order chi connectivity index (χ0) is 15.8. The third kappa shape index (κ3) is 2.70. The monoisotopic (exact) mass is 306 g/mol. The van der Waals surface area contributed by atoms with Crippen molar-refractivity contribution in [3.05, 3.63) is 65.6 Å². The van der Waals surface area contributed by atoms with Crippen molar-refractivity contribution in [1.29, 1.82) is 0 Å². The lowest BCUT2D eigenvalue weighted by Gasteiger charge is -2.22. The molecule has 5 nitrogen and oxygen atoms in total. The van der Waals surface area contributed by atoms with Crippen LogP contribution in [0.2, 0.25) is 0 Å². The molecule has 0 unspecified atom stereocenters. The second-order valence-corrected chi connectivity index (χ2v) is 6.10. The first kappa shape index (κ1) is 13.9. The SMILES string of the molecule is Cc1ccc(CN(C(=O)c2cnn3cccnc23)C2CC2)cc1. The fourth-order valence-electron chi connectivity index (χ4n) is 2.78. The summed E-state index contributed by atoms with van der Waals surface area (Å²) in [6, 6.07) is 10.5. The fourth-order valence-corrected chi connectivity index (χ4v) is 2.78. The van der Waals surface area contributed by atoms with Gasteiger partial charge in [-0.25, -0.2) is 9.50 Å². The van der Waals surface area contributed by atoms with Gasteiger partial charge in [-0.2, -0.15) is 5.10 Å². The number of nitrogens with zero attached hydrogens (tertiary/aromatic N) is 4. The topological polar surface area (TPSA) is 50.5 Å². The van der Waals surface area contributed by atoms with Gasteiger partial charge in [0.25, 0.3) is 5.91 Å². The molecular weight excluding hydrogens is 288 g/mol. The van der Waals surface area contributed by atoms with Crippen molar-refractivity contribution in [2.75, 3.05) is 0 Å². The van der Waals surface area contributed by atoms with Crippen LogP contribution in [0.1, 0.15) is 34.3 Å². The average molecular weight is 306 g/mol. The van der Waals surface area contributed by atoms with Gasteiger partial charge in [0, 0.05) is 25.0 Å². The highest BCUT2D eigenvalue weighted by Crippen LogP contribution is 2.30. The molecule has 2 aromatic heterocycles. The molecule has 0 radical (unpaired) electrons. The Morgan fingerprint density at radius 2 is 2.09 bits per heavy atom. The van der Waals surface area contributed by atoms with E-state index < -0.39 is 0 Å². The molecule has 5 heteroatoms. The van der Waals surface area contributed by atoms with Crippen LogP contribution in [-0.4, -0.2) is 31.4 Å². The van der Waals surface area contributed by atoms with Crippen molar-refractivity contribution in [2.24, 2.45) is 0 Å². The van der Waals surface area contributed by atoms with Gasteiger partial charge in [-0.1, -0.05) is 29.8 Å². The molecule has 1 aromatic carbocycles. The van der Waals surface area contributed by atoms with Crippen LogP contribution in [0.5, 0.6) is 0 Å². The third-order valence-electron chi connectivity index (χ3n) is 4.23. The standard InChI is InChI=1S/C18H18N4O/c1-13-3-5-14(6-4-13)12-21(15-7-8-15)18(23)16-11-20-22-10-2-9-19-17(16)22/h2-6,9-11,15H,7-8,12H2,1H3. The number of carbonyl (C=O) groups excluding carboxylic acids is 1. The van der Waals surface area contributed by atoms with E-state index in [0.29, 0.717) is 23.8 Å². The maximum atomic E-state index is 13.0. The number of aryl methyl sites for hydroxylation is 1. The van der Waals surface area contributed by atoms with Crippen molar-refractivity contribution in [3.63, 3.8) is 0 Å². The molecule has 116 valence electrons. The van der Waals surface area contributed by atoms with Crippen LogP contribution < -0.4 is 0 Å². The predicted molar refractivity (Wildman–Crippen MR) is 87.1 cm³/mol. The largest absolute Gasteiger partial charge is 0.331 e. The summed E-state index contributed by atoms with van der Waals surface area (Å²) < 4.78 is 1.64. The Morgan fingerprint density at radius 3 is 2.83 bits per heavy atom. The van der Waals surface area contributed by atoms with Gasteiger partial charge in [-0.15, -0.1) is 0 Å². The fraction of sp³-hybridized carbons (Fsp3) is 0.278. The van der Waals surface area contributed by atoms with Gasteiger partial charge in [0.2, 0.25) is 0 Å². The predicted octanol–water partition coefficient (Wildman–Crippen LogP) is 2.84. The molecule has 1 aliphatic carbocycles. The Balaban J connectivity index is 1.64. The molecule has 1 amide bonds. The van der Waals surface area contributed by atoms with Crippen LogP contribution in [0.4, 0.5) is 0 Å². The van der Waals surface area contributed by atoms with Crippen molar-refractivity contribution in [2.45, 2.75) is 32.4 Å². The summed E-state index contributed by atoms with van der Waals surface area (Å²) >= 11 is 0. The summed E-state index contributed by atoms with van der Waals surface area (Å²) in [7, 11) is 0. The highest BCUT2D eigenvalue weighted by molar-refractivity contribution is 5.99. The first-order chi connectivity index (χ1) is 11.2. The van der Waals surface area contributed by atoms with Crippen LogP contribution in [0.15, 0.2) is 48.9 Å². The van der Waals surface area contributed by atoms with Crippen LogP contribution >= 0.6 is 0 Å². The van der Waals surface area contributed by atoms with Gasteiger partial charge in [0.1, 0.15) is 5.56 Å². The van der Waals surface area contributed by atoms with Crippen LogP contribution in [0.3, 0.4) is 0 Å². The van der Waals surface area contributed by atoms with Gasteiger partial charge in [-0.3, -0.25) is 4.79 Å². The molecule has 0 aliphatic heterocycles. The second-order valence-electron chi connectivity index (χ2n) is 6.10. The smallest absolute Gasteiger partial charge is 0.259 e. The summed E-state index contributed by atoms with van der Waals surface area (Å²) in [4.78, 5) is 19.3. The molecule has 23 heavy (non-hydrogen) atoms. The maximum absolute atomic E-state index is 13.0. The first-order valence-corrected chi connectivity index (χ1v) is 7.87. The van der Waals surface area contributed by atoms with Crippen LogP contribution in [0.25, 0.3) is 5.65 Å². The minimum Gasteiger partial charge on any atom is -0.331 e. The van der Waals surface area contributed by atoms with E-state index in [1.165, 1.54) is 5.56 Å². The van der Waals surface area contributed by atoms with Crippen molar-refractivity contribution in [1.82, 2.24) is 19.5 Å². The van der Waals surface area contributed by atoms with E-state index in [0.717, 1.165) is 18.4 Å². The summed E-state index contributed by atoms with van der Waals surface area (Å²) in [6.45, 7) is 2.70. The summed E-state index contributed by atoms with van der Waals surface area (Å²) in [5, 5.41) is 4.23. The number of carbonyl (C=O) groups is 1. The average Bonchev–Trinajstić information content (AvgIpc) is 3.32. The van der Waals surface area contributed by atoms with E-state index in [1.54, 1.807) is 29.2 Å². The van der Waals surface area contributed by atoms with Gasteiger partial charge in [0.15, 0.2) is 5.65 Å². The highest BCUT2D eigenvalue weighted by Gasteiger charge is 2.34. The summed E-state index contributed by atoms with van der Waals surface area (Å²) in [6.07, 6.45) is 7.26. The van der Waals surface area contributed by atoms with E-state index in [1.807, 2.05) is 4.90 Å². The molecule has 1 fully saturated rings. The third-order valence-corrected chi connectivity index (χ3v) is 4.23. The molecule has 1 aliphatic rings. The Kier molecular flexibility index (Phi) is 3.33. The Bertz CT molecular complexity index is 849. The van der Waals surface area contributed by atoms with Crippen LogP contribution in [-0.2, 0) is 6.54 Å². The van der Waals surface area contributed by atoms with Gasteiger partial charge in [-0.05, 0) is 31.4 Å². The highest BCUT2D eigenvalue weighted by atomic mass is 16.2. The lowest BCUT2D eigenvalue weighted by Crippen LogP contribution is -2.32. The van der Waals surface area contributed by atoms with E-state index >= 15 is 0 Å². The summed E-state index contributed by atoms with van der Waals surface area (Å²) in [5.74, 6) is 0.0155. The van der Waals surface area contributed by atoms with E-state index in [4.69, 9.17) is 0 Å². The van der Waals surface area contributed by atoms with E-state index in [9.17, 15) is 4.79 Å². The minimum atomic E-state index is 0.0155. The lowest BCUT2D eigenvalue weighted by molar-refractivity contribution is 0.0731. The zero-order valence-electron chi connectivity index (χ0n) is 13.0. The number of fused-ring (bicyclic) bond motifs is 1. The number of hydrogen-bond donors (Lipinski definition) is 0. The molecular formula is C18H18N4O. The van der Waals surface area contributed by atoms with Gasteiger partial charge in [0.05, 0.1) is 6.20 Å². The molecule has 0 N–H and O–H groups in total. The Hall–Kier alpha value is -2.69. The molecule has 4 rings (SSSR count). The van der Waals surface area contributed by atoms with Gasteiger partial charge < -0.3 is 4.90 Å².